The number of thiophene rings is 1. The molecule has 2 aromatic heterocycles. The van der Waals surface area contributed by atoms with Crippen molar-refractivity contribution in [3.05, 3.63) is 91.6 Å². The number of sulfonamides is 1. The monoisotopic (exact) mass is 487 g/mol. The lowest BCUT2D eigenvalue weighted by Crippen LogP contribution is -2.34. The van der Waals surface area contributed by atoms with Gasteiger partial charge in [-0.25, -0.2) is 27.3 Å². The van der Waals surface area contributed by atoms with Crippen LogP contribution in [0.4, 0.5) is 15.5 Å². The third-order valence-electron chi connectivity index (χ3n) is 4.43. The van der Waals surface area contributed by atoms with E-state index in [0.29, 0.717) is 22.2 Å². The van der Waals surface area contributed by atoms with Gasteiger partial charge in [-0.05, 0) is 53.8 Å². The molecule has 0 aliphatic carbocycles. The fraction of sp³-hybridized carbons (Fsp3) is 0. The van der Waals surface area contributed by atoms with Gasteiger partial charge >= 0.3 is 16.7 Å². The number of amides is 2. The van der Waals surface area contributed by atoms with E-state index in [-0.39, 0.29) is 16.4 Å². The molecular weight excluding hydrogens is 474 g/mol. The Morgan fingerprint density at radius 2 is 1.73 bits per heavy atom. The molecule has 14 heteroatoms. The predicted octanol–water partition coefficient (Wildman–Crippen LogP) is 2.16. The number of benzene rings is 2. The molecule has 0 atom stereocenters. The SMILES string of the molecule is O=C(Nc1ccc(-n2c(=O)[nH]c3ccccc3c2=O)cc1)NS(=O)(=O)c1ccc([N+](=O)[O-])s1. The third kappa shape index (κ3) is 4.37. The fourth-order valence-electron chi connectivity index (χ4n) is 2.97. The Bertz CT molecular complexity index is 1620. The summed E-state index contributed by atoms with van der Waals surface area (Å²) in [6.45, 7) is 0. The van der Waals surface area contributed by atoms with Crippen molar-refractivity contribution < 1.29 is 18.1 Å². The first-order chi connectivity index (χ1) is 15.7. The number of hydrogen-bond donors (Lipinski definition) is 3. The minimum absolute atomic E-state index is 0.175. The summed E-state index contributed by atoms with van der Waals surface area (Å²) in [6.07, 6.45) is 0. The highest BCUT2D eigenvalue weighted by atomic mass is 32.2. The summed E-state index contributed by atoms with van der Waals surface area (Å²) >= 11 is 0.405. The minimum atomic E-state index is -4.31. The van der Waals surface area contributed by atoms with Crippen LogP contribution in [0.2, 0.25) is 0 Å². The highest BCUT2D eigenvalue weighted by Crippen LogP contribution is 2.27. The molecule has 0 fully saturated rings. The molecule has 0 bridgehead atoms. The number of nitrogens with one attached hydrogen (secondary N) is 3. The average molecular weight is 487 g/mol. The molecule has 0 saturated carbocycles. The van der Waals surface area contributed by atoms with Gasteiger partial charge in [-0.3, -0.25) is 14.9 Å². The molecule has 12 nitrogen and oxygen atoms in total. The number of rotatable bonds is 5. The van der Waals surface area contributed by atoms with Gasteiger partial charge in [0.05, 0.1) is 21.5 Å². The highest BCUT2D eigenvalue weighted by Gasteiger charge is 2.23. The van der Waals surface area contributed by atoms with Gasteiger partial charge in [0.15, 0.2) is 0 Å². The van der Waals surface area contributed by atoms with E-state index in [9.17, 15) is 32.9 Å². The zero-order valence-electron chi connectivity index (χ0n) is 16.3. The molecular formula is C19H13N5O7S2. The molecule has 4 aromatic rings. The second-order valence-electron chi connectivity index (χ2n) is 6.57. The van der Waals surface area contributed by atoms with Crippen LogP contribution >= 0.6 is 11.3 Å². The van der Waals surface area contributed by atoms with Crippen LogP contribution in [0.25, 0.3) is 16.6 Å². The molecule has 2 heterocycles. The van der Waals surface area contributed by atoms with Crippen molar-refractivity contribution >= 4 is 49.0 Å². The first-order valence-corrected chi connectivity index (χ1v) is 11.4. The fourth-order valence-corrected chi connectivity index (χ4v) is 4.99. The maximum absolute atomic E-state index is 12.7. The van der Waals surface area contributed by atoms with E-state index in [2.05, 4.69) is 10.3 Å². The second kappa shape index (κ2) is 8.33. The van der Waals surface area contributed by atoms with Crippen LogP contribution in [0.1, 0.15) is 0 Å². The quantitative estimate of drug-likeness (QED) is 0.286. The normalized spacial score (nSPS) is 11.3. The molecule has 0 unspecified atom stereocenters. The number of fused-ring (bicyclic) bond motifs is 1. The van der Waals surface area contributed by atoms with Crippen molar-refractivity contribution in [2.45, 2.75) is 4.21 Å². The molecule has 0 spiro atoms. The van der Waals surface area contributed by atoms with E-state index < -0.39 is 36.4 Å². The van der Waals surface area contributed by atoms with Crippen LogP contribution in [0, 0.1) is 10.1 Å². The summed E-state index contributed by atoms with van der Waals surface area (Å²) in [5.41, 5.74) is -0.362. The standard InChI is InChI=1S/C19H13N5O7S2/c25-17-13-3-1-2-4-14(13)21-19(27)23(17)12-7-5-11(6-8-12)20-18(26)22-33(30,31)16-10-9-15(32-16)24(28)29/h1-10H,(H,21,27)(H2,20,22,26). The van der Waals surface area contributed by atoms with Crippen LogP contribution in [-0.2, 0) is 10.0 Å². The molecule has 33 heavy (non-hydrogen) atoms. The maximum atomic E-state index is 12.7. The number of nitrogens with zero attached hydrogens (tertiary/aromatic N) is 2. The predicted molar refractivity (Wildman–Crippen MR) is 120 cm³/mol. The molecule has 0 aliphatic rings. The Balaban J connectivity index is 1.53. The number of H-pyrrole nitrogens is 1. The number of para-hydroxylation sites is 1. The first kappa shape index (κ1) is 21.9. The van der Waals surface area contributed by atoms with E-state index in [1.807, 2.05) is 0 Å². The Hall–Kier alpha value is -4.30. The number of anilines is 1. The molecule has 2 aromatic carbocycles. The van der Waals surface area contributed by atoms with Crippen molar-refractivity contribution in [2.75, 3.05) is 5.32 Å². The van der Waals surface area contributed by atoms with Gasteiger partial charge in [0.1, 0.15) is 4.21 Å². The zero-order valence-corrected chi connectivity index (χ0v) is 18.0. The molecule has 4 rings (SSSR count). The first-order valence-electron chi connectivity index (χ1n) is 9.08. The van der Waals surface area contributed by atoms with Crippen LogP contribution in [-0.4, -0.2) is 28.9 Å². The van der Waals surface area contributed by atoms with Gasteiger partial charge in [0.2, 0.25) is 0 Å². The summed E-state index contributed by atoms with van der Waals surface area (Å²) in [6, 6.07) is 13.0. The molecule has 3 N–H and O–H groups in total. The number of aromatic nitrogens is 2. The van der Waals surface area contributed by atoms with E-state index >= 15 is 0 Å². The van der Waals surface area contributed by atoms with Crippen LogP contribution in [0.5, 0.6) is 0 Å². The number of carbonyl (C=O) groups excluding carboxylic acids is 1. The highest BCUT2D eigenvalue weighted by molar-refractivity contribution is 7.92. The van der Waals surface area contributed by atoms with Gasteiger partial charge in [-0.1, -0.05) is 12.1 Å². The number of urea groups is 1. The van der Waals surface area contributed by atoms with Gasteiger partial charge in [0, 0.05) is 11.8 Å². The summed E-state index contributed by atoms with van der Waals surface area (Å²) in [7, 11) is -4.31. The topological polar surface area (TPSA) is 173 Å². The molecule has 0 radical (unpaired) electrons. The molecule has 0 saturated heterocycles. The zero-order chi connectivity index (χ0) is 23.8. The lowest BCUT2D eigenvalue weighted by atomic mass is 10.2. The van der Waals surface area contributed by atoms with Crippen molar-refractivity contribution in [1.29, 1.82) is 0 Å². The molecule has 0 aliphatic heterocycles. The largest absolute Gasteiger partial charge is 0.333 e. The van der Waals surface area contributed by atoms with Crippen molar-refractivity contribution in [3.63, 3.8) is 0 Å². The Labute approximate surface area is 188 Å². The Morgan fingerprint density at radius 1 is 1.03 bits per heavy atom. The van der Waals surface area contributed by atoms with E-state index in [1.54, 1.807) is 29.0 Å². The molecule has 2 amide bonds. The lowest BCUT2D eigenvalue weighted by molar-refractivity contribution is -0.380. The van der Waals surface area contributed by atoms with Gasteiger partial charge in [-0.2, -0.15) is 0 Å². The van der Waals surface area contributed by atoms with E-state index in [1.165, 1.54) is 24.3 Å². The summed E-state index contributed by atoms with van der Waals surface area (Å²) in [4.78, 5) is 49.8. The van der Waals surface area contributed by atoms with Crippen LogP contribution < -0.4 is 21.3 Å². The second-order valence-corrected chi connectivity index (χ2v) is 9.54. The van der Waals surface area contributed by atoms with Gasteiger partial charge in [-0.15, -0.1) is 0 Å². The average Bonchev–Trinajstić information content (AvgIpc) is 3.26. The number of nitro groups is 1. The number of hydrogen-bond acceptors (Lipinski definition) is 8. The van der Waals surface area contributed by atoms with E-state index in [0.717, 1.165) is 16.7 Å². The van der Waals surface area contributed by atoms with E-state index in [4.69, 9.17) is 0 Å². The van der Waals surface area contributed by atoms with Crippen molar-refractivity contribution in [3.8, 4) is 5.69 Å². The minimum Gasteiger partial charge on any atom is -0.307 e. The number of carbonyl (C=O) groups is 1. The summed E-state index contributed by atoms with van der Waals surface area (Å²) in [5.74, 6) is 0. The Morgan fingerprint density at radius 3 is 2.39 bits per heavy atom. The lowest BCUT2D eigenvalue weighted by Gasteiger charge is -2.09. The van der Waals surface area contributed by atoms with Gasteiger partial charge in [0.25, 0.3) is 15.6 Å². The van der Waals surface area contributed by atoms with Crippen LogP contribution in [0.15, 0.2) is 74.5 Å². The third-order valence-corrected chi connectivity index (χ3v) is 7.29. The van der Waals surface area contributed by atoms with Gasteiger partial charge < -0.3 is 10.3 Å². The van der Waals surface area contributed by atoms with Crippen molar-refractivity contribution in [1.82, 2.24) is 14.3 Å². The smallest absolute Gasteiger partial charge is 0.307 e. The Kier molecular flexibility index (Phi) is 5.53. The molecule has 168 valence electrons. The summed E-state index contributed by atoms with van der Waals surface area (Å²) in [5, 5.41) is 13.0. The van der Waals surface area contributed by atoms with Crippen molar-refractivity contribution in [2.24, 2.45) is 0 Å². The maximum Gasteiger partial charge on any atom is 0.333 e. The number of aromatic amines is 1. The summed E-state index contributed by atoms with van der Waals surface area (Å²) < 4.78 is 26.8. The van der Waals surface area contributed by atoms with Crippen LogP contribution in [0.3, 0.4) is 0 Å².